The average molecular weight is 170 g/mol. The van der Waals surface area contributed by atoms with Gasteiger partial charge in [-0.05, 0) is 25.2 Å². The fourth-order valence-electron chi connectivity index (χ4n) is 1.83. The lowest BCUT2D eigenvalue weighted by atomic mass is 9.72. The predicted octanol–water partition coefficient (Wildman–Crippen LogP) is 2.03. The molecule has 1 atom stereocenters. The fourth-order valence-corrected chi connectivity index (χ4v) is 1.83. The normalized spacial score (nSPS) is 24.8. The first-order chi connectivity index (χ1) is 5.73. The van der Waals surface area contributed by atoms with Gasteiger partial charge >= 0.3 is 0 Å². The highest BCUT2D eigenvalue weighted by Gasteiger charge is 2.33. The Morgan fingerprint density at radius 2 is 2.08 bits per heavy atom. The van der Waals surface area contributed by atoms with Crippen molar-refractivity contribution in [1.29, 1.82) is 0 Å². The fraction of sp³-hybridized carbons (Fsp3) is 0.900. The quantitative estimate of drug-likeness (QED) is 0.606. The molecule has 2 heteroatoms. The van der Waals surface area contributed by atoms with Gasteiger partial charge in [-0.25, -0.2) is 0 Å². The van der Waals surface area contributed by atoms with Crippen LogP contribution >= 0.6 is 0 Å². The van der Waals surface area contributed by atoms with Gasteiger partial charge in [0.25, 0.3) is 0 Å². The van der Waals surface area contributed by atoms with Crippen molar-refractivity contribution in [1.82, 2.24) is 0 Å². The number of carbonyl (C=O) groups excluding carboxylic acids is 1. The van der Waals surface area contributed by atoms with Crippen molar-refractivity contribution in [2.45, 2.75) is 33.1 Å². The minimum absolute atomic E-state index is 0.107. The standard InChI is InChI=1S/C10H18O2/c1-3-10(2,8-11)9-4-6-12-7-5-9/h8-9H,3-7H2,1-2H3. The van der Waals surface area contributed by atoms with Crippen molar-refractivity contribution in [2.75, 3.05) is 13.2 Å². The Morgan fingerprint density at radius 3 is 2.50 bits per heavy atom. The maximum absolute atomic E-state index is 10.9. The average Bonchev–Trinajstić information content (AvgIpc) is 2.18. The van der Waals surface area contributed by atoms with E-state index in [-0.39, 0.29) is 5.41 Å². The third-order valence-corrected chi connectivity index (χ3v) is 3.18. The Labute approximate surface area is 74.3 Å². The first-order valence-corrected chi connectivity index (χ1v) is 4.77. The summed E-state index contributed by atoms with van der Waals surface area (Å²) in [6, 6.07) is 0. The van der Waals surface area contributed by atoms with Gasteiger partial charge in [0.05, 0.1) is 0 Å². The van der Waals surface area contributed by atoms with Crippen molar-refractivity contribution < 1.29 is 9.53 Å². The van der Waals surface area contributed by atoms with Crippen LogP contribution in [0.25, 0.3) is 0 Å². The van der Waals surface area contributed by atoms with E-state index in [1.54, 1.807) is 0 Å². The molecule has 70 valence electrons. The molecule has 0 saturated carbocycles. The van der Waals surface area contributed by atoms with E-state index in [1.807, 2.05) is 0 Å². The molecule has 12 heavy (non-hydrogen) atoms. The highest BCUT2D eigenvalue weighted by atomic mass is 16.5. The molecule has 0 amide bonds. The second kappa shape index (κ2) is 4.04. The molecule has 0 aromatic heterocycles. The summed E-state index contributed by atoms with van der Waals surface area (Å²) >= 11 is 0. The van der Waals surface area contributed by atoms with E-state index in [9.17, 15) is 4.79 Å². The molecular formula is C10H18O2. The van der Waals surface area contributed by atoms with Gasteiger partial charge in [-0.2, -0.15) is 0 Å². The van der Waals surface area contributed by atoms with Crippen molar-refractivity contribution in [3.8, 4) is 0 Å². The molecule has 1 rings (SSSR count). The topological polar surface area (TPSA) is 26.3 Å². The highest BCUT2D eigenvalue weighted by Crippen LogP contribution is 2.35. The van der Waals surface area contributed by atoms with Crippen molar-refractivity contribution >= 4 is 6.29 Å². The van der Waals surface area contributed by atoms with E-state index in [1.165, 1.54) is 0 Å². The van der Waals surface area contributed by atoms with Gasteiger partial charge < -0.3 is 9.53 Å². The maximum atomic E-state index is 10.9. The summed E-state index contributed by atoms with van der Waals surface area (Å²) in [5.74, 6) is 0.536. The van der Waals surface area contributed by atoms with E-state index < -0.39 is 0 Å². The smallest absolute Gasteiger partial charge is 0.126 e. The highest BCUT2D eigenvalue weighted by molar-refractivity contribution is 5.59. The summed E-state index contributed by atoms with van der Waals surface area (Å²) in [7, 11) is 0. The monoisotopic (exact) mass is 170 g/mol. The Bertz CT molecular complexity index is 150. The Morgan fingerprint density at radius 1 is 1.50 bits per heavy atom. The second-order valence-electron chi connectivity index (χ2n) is 3.86. The van der Waals surface area contributed by atoms with Crippen molar-refractivity contribution in [3.05, 3.63) is 0 Å². The van der Waals surface area contributed by atoms with E-state index >= 15 is 0 Å². The minimum Gasteiger partial charge on any atom is -0.381 e. The molecular weight excluding hydrogens is 152 g/mol. The molecule has 1 unspecified atom stereocenters. The lowest BCUT2D eigenvalue weighted by Crippen LogP contribution is -2.33. The summed E-state index contributed by atoms with van der Waals surface area (Å²) in [4.78, 5) is 10.9. The third kappa shape index (κ3) is 1.86. The van der Waals surface area contributed by atoms with E-state index in [0.29, 0.717) is 5.92 Å². The lowest BCUT2D eigenvalue weighted by molar-refractivity contribution is -0.120. The minimum atomic E-state index is -0.107. The van der Waals surface area contributed by atoms with E-state index in [4.69, 9.17) is 4.74 Å². The van der Waals surface area contributed by atoms with Crippen LogP contribution in [-0.4, -0.2) is 19.5 Å². The SMILES string of the molecule is CCC(C)(C=O)C1CCOCC1. The lowest BCUT2D eigenvalue weighted by Gasteiger charge is -2.34. The number of ether oxygens (including phenoxy) is 1. The van der Waals surface area contributed by atoms with Gasteiger partial charge in [0, 0.05) is 18.6 Å². The van der Waals surface area contributed by atoms with E-state index in [0.717, 1.165) is 38.8 Å². The van der Waals surface area contributed by atoms with Gasteiger partial charge in [-0.3, -0.25) is 0 Å². The third-order valence-electron chi connectivity index (χ3n) is 3.18. The Balaban J connectivity index is 2.57. The molecule has 1 saturated heterocycles. The Hall–Kier alpha value is -0.370. The zero-order valence-corrected chi connectivity index (χ0v) is 8.01. The number of aldehydes is 1. The van der Waals surface area contributed by atoms with Crippen LogP contribution in [0.5, 0.6) is 0 Å². The van der Waals surface area contributed by atoms with Crippen molar-refractivity contribution in [2.24, 2.45) is 11.3 Å². The van der Waals surface area contributed by atoms with Crippen LogP contribution in [-0.2, 0) is 9.53 Å². The Kier molecular flexibility index (Phi) is 3.27. The van der Waals surface area contributed by atoms with E-state index in [2.05, 4.69) is 13.8 Å². The molecule has 0 radical (unpaired) electrons. The molecule has 0 spiro atoms. The van der Waals surface area contributed by atoms with Gasteiger partial charge in [0.15, 0.2) is 0 Å². The van der Waals surface area contributed by atoms with Crippen LogP contribution in [0.15, 0.2) is 0 Å². The summed E-state index contributed by atoms with van der Waals surface area (Å²) in [5, 5.41) is 0. The van der Waals surface area contributed by atoms with Crippen molar-refractivity contribution in [3.63, 3.8) is 0 Å². The number of rotatable bonds is 3. The summed E-state index contributed by atoms with van der Waals surface area (Å²) in [6.45, 7) is 5.81. The molecule has 0 aromatic rings. The summed E-state index contributed by atoms with van der Waals surface area (Å²) in [6.07, 6.45) is 4.16. The molecule has 0 aliphatic carbocycles. The largest absolute Gasteiger partial charge is 0.381 e. The summed E-state index contributed by atoms with van der Waals surface area (Å²) < 4.78 is 5.27. The number of hydrogen-bond acceptors (Lipinski definition) is 2. The molecule has 1 fully saturated rings. The zero-order valence-electron chi connectivity index (χ0n) is 8.01. The van der Waals surface area contributed by atoms with Gasteiger partial charge in [-0.15, -0.1) is 0 Å². The zero-order chi connectivity index (χ0) is 9.03. The molecule has 1 aliphatic rings. The molecule has 1 heterocycles. The molecule has 0 bridgehead atoms. The van der Waals surface area contributed by atoms with Gasteiger partial charge in [-0.1, -0.05) is 13.8 Å². The van der Waals surface area contributed by atoms with Gasteiger partial charge in [0.1, 0.15) is 6.29 Å². The number of hydrogen-bond donors (Lipinski definition) is 0. The van der Waals surface area contributed by atoms with Crippen LogP contribution in [0.1, 0.15) is 33.1 Å². The second-order valence-corrected chi connectivity index (χ2v) is 3.86. The van der Waals surface area contributed by atoms with Crippen LogP contribution < -0.4 is 0 Å². The summed E-state index contributed by atoms with van der Waals surface area (Å²) in [5.41, 5.74) is -0.107. The molecule has 0 aromatic carbocycles. The maximum Gasteiger partial charge on any atom is 0.126 e. The molecule has 1 aliphatic heterocycles. The van der Waals surface area contributed by atoms with Crippen LogP contribution in [0.4, 0.5) is 0 Å². The first-order valence-electron chi connectivity index (χ1n) is 4.77. The van der Waals surface area contributed by atoms with Gasteiger partial charge in [0.2, 0.25) is 0 Å². The molecule has 0 N–H and O–H groups in total. The molecule has 2 nitrogen and oxygen atoms in total. The number of carbonyl (C=O) groups is 1. The van der Waals surface area contributed by atoms with Crippen LogP contribution in [0, 0.1) is 11.3 Å². The van der Waals surface area contributed by atoms with Crippen LogP contribution in [0.3, 0.4) is 0 Å². The predicted molar refractivity (Wildman–Crippen MR) is 48.0 cm³/mol. The first kappa shape index (κ1) is 9.72. The van der Waals surface area contributed by atoms with Crippen LogP contribution in [0.2, 0.25) is 0 Å².